The van der Waals surface area contributed by atoms with Gasteiger partial charge in [0, 0.05) is 18.4 Å². The third kappa shape index (κ3) is 2.57. The molecule has 4 aliphatic rings. The second-order valence-electron chi connectivity index (χ2n) is 8.03. The van der Waals surface area contributed by atoms with Crippen LogP contribution in [0.2, 0.25) is 0 Å². The molecule has 0 radical (unpaired) electrons. The topological polar surface area (TPSA) is 41.1 Å². The minimum atomic E-state index is 0.00380. The number of carbonyl (C=O) groups excluding carboxylic acids is 1. The molecule has 1 aliphatic heterocycles. The fraction of sp³-hybridized carbons (Fsp3) is 0.435. The van der Waals surface area contributed by atoms with Crippen LogP contribution in [-0.2, 0) is 4.79 Å². The van der Waals surface area contributed by atoms with Gasteiger partial charge in [0.05, 0.1) is 6.04 Å². The Bertz CT molecular complexity index is 777. The van der Waals surface area contributed by atoms with Crippen molar-refractivity contribution in [3.63, 3.8) is 0 Å². The molecule has 3 aliphatic carbocycles. The molecule has 0 aromatic heterocycles. The molecule has 3 nitrogen and oxygen atoms in total. The first-order valence-electron chi connectivity index (χ1n) is 10.0. The second-order valence-corrected chi connectivity index (χ2v) is 8.03. The minimum Gasteiger partial charge on any atom is -0.354 e. The third-order valence-corrected chi connectivity index (χ3v) is 6.59. The first kappa shape index (κ1) is 16.1. The summed E-state index contributed by atoms with van der Waals surface area (Å²) in [6.07, 6.45) is 4.44. The van der Waals surface area contributed by atoms with Gasteiger partial charge in [-0.1, -0.05) is 55.0 Å². The number of fused-ring (bicyclic) bond motifs is 1. The molecule has 2 aromatic carbocycles. The molecule has 26 heavy (non-hydrogen) atoms. The van der Waals surface area contributed by atoms with Crippen LogP contribution in [0, 0.1) is 5.92 Å². The number of benzene rings is 2. The van der Waals surface area contributed by atoms with Crippen LogP contribution < -0.4 is 10.6 Å². The Hall–Kier alpha value is -2.13. The summed E-state index contributed by atoms with van der Waals surface area (Å²) in [5, 5.41) is 6.63. The van der Waals surface area contributed by atoms with E-state index in [-0.39, 0.29) is 11.9 Å². The summed E-state index contributed by atoms with van der Waals surface area (Å²) in [4.78, 5) is 12.6. The third-order valence-electron chi connectivity index (χ3n) is 6.59. The van der Waals surface area contributed by atoms with Crippen LogP contribution in [0.15, 0.2) is 48.5 Å². The lowest BCUT2D eigenvalue weighted by molar-refractivity contribution is -0.123. The monoisotopic (exact) mass is 346 g/mol. The Morgan fingerprint density at radius 1 is 0.962 bits per heavy atom. The molecule has 1 fully saturated rings. The summed E-state index contributed by atoms with van der Waals surface area (Å²) >= 11 is 0. The summed E-state index contributed by atoms with van der Waals surface area (Å²) in [5.41, 5.74) is 5.93. The zero-order chi connectivity index (χ0) is 17.5. The van der Waals surface area contributed by atoms with E-state index in [1.54, 1.807) is 0 Å². The van der Waals surface area contributed by atoms with Crippen molar-refractivity contribution < 1.29 is 4.79 Å². The van der Waals surface area contributed by atoms with Crippen molar-refractivity contribution in [2.24, 2.45) is 5.92 Å². The van der Waals surface area contributed by atoms with Crippen molar-refractivity contribution in [3.05, 3.63) is 70.8 Å². The van der Waals surface area contributed by atoms with Crippen LogP contribution in [0.5, 0.6) is 0 Å². The van der Waals surface area contributed by atoms with Gasteiger partial charge in [0.15, 0.2) is 0 Å². The predicted molar refractivity (Wildman–Crippen MR) is 103 cm³/mol. The molecular formula is C23H26N2O. The van der Waals surface area contributed by atoms with Crippen LogP contribution in [0.3, 0.4) is 0 Å². The van der Waals surface area contributed by atoms with E-state index >= 15 is 0 Å². The number of hydrogen-bond donors (Lipinski definition) is 2. The van der Waals surface area contributed by atoms with Gasteiger partial charge in [-0.05, 0) is 54.0 Å². The Balaban J connectivity index is 1.39. The zero-order valence-corrected chi connectivity index (χ0v) is 15.1. The van der Waals surface area contributed by atoms with Crippen molar-refractivity contribution >= 4 is 5.91 Å². The van der Waals surface area contributed by atoms with Gasteiger partial charge in [-0.15, -0.1) is 0 Å². The van der Waals surface area contributed by atoms with E-state index in [9.17, 15) is 4.79 Å². The Morgan fingerprint density at radius 2 is 1.62 bits per heavy atom. The highest BCUT2D eigenvalue weighted by Crippen LogP contribution is 2.55. The first-order chi connectivity index (χ1) is 12.8. The molecular weight excluding hydrogens is 320 g/mol. The smallest absolute Gasteiger partial charge is 0.237 e. The van der Waals surface area contributed by atoms with Gasteiger partial charge < -0.3 is 10.6 Å². The van der Waals surface area contributed by atoms with Crippen molar-refractivity contribution in [2.75, 3.05) is 13.1 Å². The molecule has 1 heterocycles. The summed E-state index contributed by atoms with van der Waals surface area (Å²) in [7, 11) is 0. The van der Waals surface area contributed by atoms with E-state index in [0.29, 0.717) is 17.8 Å². The highest BCUT2D eigenvalue weighted by Gasteiger charge is 2.43. The van der Waals surface area contributed by atoms with Gasteiger partial charge in [-0.25, -0.2) is 0 Å². The zero-order valence-electron chi connectivity index (χ0n) is 15.1. The fourth-order valence-corrected chi connectivity index (χ4v) is 5.39. The number of nitrogens with one attached hydrogen (secondary N) is 2. The summed E-state index contributed by atoms with van der Waals surface area (Å²) < 4.78 is 0. The number of hydrogen-bond acceptors (Lipinski definition) is 2. The maximum Gasteiger partial charge on any atom is 0.237 e. The van der Waals surface area contributed by atoms with Gasteiger partial charge in [-0.3, -0.25) is 4.79 Å². The highest BCUT2D eigenvalue weighted by atomic mass is 16.2. The molecule has 2 N–H and O–H groups in total. The van der Waals surface area contributed by atoms with E-state index in [1.165, 1.54) is 28.7 Å². The molecule has 1 saturated heterocycles. The maximum atomic E-state index is 12.6. The Labute approximate surface area is 155 Å². The van der Waals surface area contributed by atoms with Crippen LogP contribution >= 0.6 is 0 Å². The molecule has 2 aromatic rings. The fourth-order valence-electron chi connectivity index (χ4n) is 5.39. The van der Waals surface area contributed by atoms with E-state index in [1.807, 2.05) is 0 Å². The van der Waals surface area contributed by atoms with Crippen molar-refractivity contribution in [1.82, 2.24) is 10.6 Å². The van der Waals surface area contributed by atoms with Crippen molar-refractivity contribution in [1.29, 1.82) is 0 Å². The molecule has 134 valence electrons. The minimum absolute atomic E-state index is 0.00380. The number of carbonyl (C=O) groups is 1. The average Bonchev–Trinajstić information content (AvgIpc) is 2.73. The first-order valence-corrected chi connectivity index (χ1v) is 10.0. The number of piperidine rings is 1. The van der Waals surface area contributed by atoms with Gasteiger partial charge >= 0.3 is 0 Å². The molecule has 2 unspecified atom stereocenters. The molecule has 2 atom stereocenters. The molecule has 6 rings (SSSR count). The standard InChI is InChI=1S/C23H26N2O/c26-23(21-11-5-6-12-24-21)25-14-15-13-20-16-7-1-3-9-18(16)22(15)19-10-4-2-8-17(19)20/h1-4,7-10,15,20-22,24H,5-6,11-14H2,(H,25,26). The van der Waals surface area contributed by atoms with Crippen molar-refractivity contribution in [2.45, 2.75) is 43.6 Å². The number of amides is 1. The predicted octanol–water partition coefficient (Wildman–Crippen LogP) is 3.54. The van der Waals surface area contributed by atoms with Crippen molar-refractivity contribution in [3.8, 4) is 0 Å². The molecule has 2 bridgehead atoms. The summed E-state index contributed by atoms with van der Waals surface area (Å²) in [6.45, 7) is 1.74. The van der Waals surface area contributed by atoms with Gasteiger partial charge in [-0.2, -0.15) is 0 Å². The molecule has 1 amide bonds. The summed E-state index contributed by atoms with van der Waals surface area (Å²) in [5.74, 6) is 1.55. The lowest BCUT2D eigenvalue weighted by atomic mass is 9.59. The van der Waals surface area contributed by atoms with E-state index < -0.39 is 0 Å². The van der Waals surface area contributed by atoms with Gasteiger partial charge in [0.2, 0.25) is 5.91 Å². The van der Waals surface area contributed by atoms with Crippen LogP contribution in [0.4, 0.5) is 0 Å². The molecule has 0 spiro atoms. The molecule has 0 saturated carbocycles. The van der Waals surface area contributed by atoms with Gasteiger partial charge in [0.25, 0.3) is 0 Å². The van der Waals surface area contributed by atoms with E-state index in [2.05, 4.69) is 59.2 Å². The Kier molecular flexibility index (Phi) is 4.05. The van der Waals surface area contributed by atoms with E-state index in [4.69, 9.17) is 0 Å². The van der Waals surface area contributed by atoms with Crippen LogP contribution in [0.1, 0.15) is 59.8 Å². The van der Waals surface area contributed by atoms with E-state index in [0.717, 1.165) is 32.4 Å². The SMILES string of the molecule is O=C(NCC1CC2c3ccccc3C1c1ccccc12)C1CCCCN1. The molecule has 3 heteroatoms. The lowest BCUT2D eigenvalue weighted by Gasteiger charge is -2.45. The van der Waals surface area contributed by atoms with Crippen LogP contribution in [0.25, 0.3) is 0 Å². The van der Waals surface area contributed by atoms with Gasteiger partial charge in [0.1, 0.15) is 0 Å². The largest absolute Gasteiger partial charge is 0.354 e. The summed E-state index contributed by atoms with van der Waals surface area (Å²) in [6, 6.07) is 17.8. The maximum absolute atomic E-state index is 12.6. The van der Waals surface area contributed by atoms with Crippen LogP contribution in [-0.4, -0.2) is 25.0 Å². The highest BCUT2D eigenvalue weighted by molar-refractivity contribution is 5.81. The second kappa shape index (κ2) is 6.55. The number of rotatable bonds is 3. The quantitative estimate of drug-likeness (QED) is 0.892. The Morgan fingerprint density at radius 3 is 2.23 bits per heavy atom. The normalized spacial score (nSPS) is 28.9. The lowest BCUT2D eigenvalue weighted by Crippen LogP contribution is -2.48. The average molecular weight is 346 g/mol.